The Morgan fingerprint density at radius 1 is 1.47 bits per heavy atom. The Hall–Kier alpha value is -1.42. The van der Waals surface area contributed by atoms with Gasteiger partial charge >= 0.3 is 5.97 Å². The van der Waals surface area contributed by atoms with Crippen LogP contribution in [0.3, 0.4) is 0 Å². The van der Waals surface area contributed by atoms with Crippen molar-refractivity contribution in [3.8, 4) is 5.75 Å². The number of benzene rings is 1. The third-order valence-corrected chi connectivity index (χ3v) is 3.58. The highest BCUT2D eigenvalue weighted by atomic mass is 32.2. The van der Waals surface area contributed by atoms with Gasteiger partial charge in [-0.2, -0.15) is 11.8 Å². The van der Waals surface area contributed by atoms with E-state index in [0.717, 1.165) is 28.9 Å². The third-order valence-electron chi connectivity index (χ3n) is 2.22. The van der Waals surface area contributed by atoms with Gasteiger partial charge in [0.1, 0.15) is 5.75 Å². The molecule has 0 fully saturated rings. The molecule has 0 atom stereocenters. The van der Waals surface area contributed by atoms with E-state index in [1.165, 1.54) is 0 Å². The van der Waals surface area contributed by atoms with Crippen molar-refractivity contribution in [2.24, 2.45) is 5.92 Å². The predicted molar refractivity (Wildman–Crippen MR) is 80.8 cm³/mol. The molecule has 1 aromatic carbocycles. The zero-order valence-electron chi connectivity index (χ0n) is 11.3. The van der Waals surface area contributed by atoms with E-state index in [2.05, 4.69) is 13.8 Å². The van der Waals surface area contributed by atoms with E-state index in [4.69, 9.17) is 9.84 Å². The van der Waals surface area contributed by atoms with Crippen molar-refractivity contribution in [3.63, 3.8) is 0 Å². The van der Waals surface area contributed by atoms with Crippen molar-refractivity contribution in [1.29, 1.82) is 0 Å². The SMILES string of the molecule is CC(C)CSCCOc1cccc(/C=C/C(=O)O)c1. The zero-order valence-corrected chi connectivity index (χ0v) is 12.2. The molecule has 3 nitrogen and oxygen atoms in total. The minimum Gasteiger partial charge on any atom is -0.493 e. The first-order chi connectivity index (χ1) is 9.08. The van der Waals surface area contributed by atoms with Gasteiger partial charge in [-0.1, -0.05) is 26.0 Å². The van der Waals surface area contributed by atoms with Gasteiger partial charge in [0.2, 0.25) is 0 Å². The van der Waals surface area contributed by atoms with Crippen LogP contribution in [0.15, 0.2) is 30.3 Å². The highest BCUT2D eigenvalue weighted by Crippen LogP contribution is 2.15. The van der Waals surface area contributed by atoms with Crippen molar-refractivity contribution < 1.29 is 14.6 Å². The van der Waals surface area contributed by atoms with Crippen LogP contribution in [0.4, 0.5) is 0 Å². The second-order valence-corrected chi connectivity index (χ2v) is 5.71. The summed E-state index contributed by atoms with van der Waals surface area (Å²) in [6.45, 7) is 5.07. The summed E-state index contributed by atoms with van der Waals surface area (Å²) >= 11 is 1.88. The molecule has 104 valence electrons. The number of hydrogen-bond acceptors (Lipinski definition) is 3. The van der Waals surface area contributed by atoms with Crippen LogP contribution in [0, 0.1) is 5.92 Å². The fraction of sp³-hybridized carbons (Fsp3) is 0.400. The van der Waals surface area contributed by atoms with Gasteiger partial charge in [-0.25, -0.2) is 4.79 Å². The minimum absolute atomic E-state index is 0.670. The van der Waals surface area contributed by atoms with E-state index in [1.54, 1.807) is 6.08 Å². The summed E-state index contributed by atoms with van der Waals surface area (Å²) in [4.78, 5) is 10.4. The fourth-order valence-electron chi connectivity index (χ4n) is 1.41. The quantitative estimate of drug-likeness (QED) is 0.584. The van der Waals surface area contributed by atoms with Crippen LogP contribution in [0.1, 0.15) is 19.4 Å². The number of carboxylic acid groups (broad SMARTS) is 1. The second kappa shape index (κ2) is 8.64. The Labute approximate surface area is 118 Å². The van der Waals surface area contributed by atoms with Crippen LogP contribution >= 0.6 is 11.8 Å². The normalized spacial score (nSPS) is 11.1. The summed E-state index contributed by atoms with van der Waals surface area (Å²) in [6, 6.07) is 7.43. The summed E-state index contributed by atoms with van der Waals surface area (Å²) in [5, 5.41) is 8.57. The maximum absolute atomic E-state index is 10.4. The Morgan fingerprint density at radius 2 is 2.26 bits per heavy atom. The highest BCUT2D eigenvalue weighted by molar-refractivity contribution is 7.99. The molecule has 0 unspecified atom stereocenters. The van der Waals surface area contributed by atoms with Crippen LogP contribution < -0.4 is 4.74 Å². The van der Waals surface area contributed by atoms with E-state index in [9.17, 15) is 4.79 Å². The lowest BCUT2D eigenvalue weighted by atomic mass is 10.2. The smallest absolute Gasteiger partial charge is 0.328 e. The van der Waals surface area contributed by atoms with Crippen molar-refractivity contribution in [1.82, 2.24) is 0 Å². The summed E-state index contributed by atoms with van der Waals surface area (Å²) in [5.74, 6) is 2.64. The molecule has 0 aromatic heterocycles. The highest BCUT2D eigenvalue weighted by Gasteiger charge is 1.97. The number of thioether (sulfide) groups is 1. The van der Waals surface area contributed by atoms with Gasteiger partial charge in [0.05, 0.1) is 6.61 Å². The molecule has 0 bridgehead atoms. The van der Waals surface area contributed by atoms with E-state index < -0.39 is 5.97 Å². The molecule has 0 saturated carbocycles. The Kier molecular flexibility index (Phi) is 7.11. The standard InChI is InChI=1S/C15H20O3S/c1-12(2)11-19-9-8-18-14-5-3-4-13(10-14)6-7-15(16)17/h3-7,10,12H,8-9,11H2,1-2H3,(H,16,17)/b7-6+. The molecule has 0 aliphatic heterocycles. The first-order valence-electron chi connectivity index (χ1n) is 6.29. The van der Waals surface area contributed by atoms with Gasteiger partial charge in [-0.3, -0.25) is 0 Å². The van der Waals surface area contributed by atoms with E-state index in [-0.39, 0.29) is 0 Å². The maximum Gasteiger partial charge on any atom is 0.328 e. The van der Waals surface area contributed by atoms with E-state index in [1.807, 2.05) is 36.0 Å². The number of aliphatic carboxylic acids is 1. The average molecular weight is 280 g/mol. The number of carbonyl (C=O) groups is 1. The lowest BCUT2D eigenvalue weighted by molar-refractivity contribution is -0.131. The van der Waals surface area contributed by atoms with Crippen molar-refractivity contribution in [3.05, 3.63) is 35.9 Å². The molecule has 0 aliphatic carbocycles. The molecule has 1 rings (SSSR count). The van der Waals surface area contributed by atoms with Crippen LogP contribution in [0.25, 0.3) is 6.08 Å². The minimum atomic E-state index is -0.948. The van der Waals surface area contributed by atoms with Crippen LogP contribution in [-0.4, -0.2) is 29.2 Å². The van der Waals surface area contributed by atoms with Gasteiger partial charge in [-0.05, 0) is 35.4 Å². The fourth-order valence-corrected chi connectivity index (χ4v) is 2.25. The Balaban J connectivity index is 2.38. The lowest BCUT2D eigenvalue weighted by Crippen LogP contribution is -2.02. The van der Waals surface area contributed by atoms with Gasteiger partial charge < -0.3 is 9.84 Å². The first kappa shape index (κ1) is 15.6. The number of ether oxygens (including phenoxy) is 1. The van der Waals surface area contributed by atoms with Crippen molar-refractivity contribution in [2.75, 3.05) is 18.1 Å². The van der Waals surface area contributed by atoms with Gasteiger partial charge in [0.25, 0.3) is 0 Å². The molecule has 0 radical (unpaired) electrons. The van der Waals surface area contributed by atoms with Crippen LogP contribution in [0.2, 0.25) is 0 Å². The molecule has 4 heteroatoms. The molecule has 0 amide bonds. The molecular weight excluding hydrogens is 260 g/mol. The first-order valence-corrected chi connectivity index (χ1v) is 7.45. The Morgan fingerprint density at radius 3 is 2.95 bits per heavy atom. The van der Waals surface area contributed by atoms with Gasteiger partial charge in [-0.15, -0.1) is 0 Å². The topological polar surface area (TPSA) is 46.5 Å². The maximum atomic E-state index is 10.4. The second-order valence-electron chi connectivity index (χ2n) is 4.56. The Bertz CT molecular complexity index is 427. The van der Waals surface area contributed by atoms with Crippen LogP contribution in [0.5, 0.6) is 5.75 Å². The van der Waals surface area contributed by atoms with E-state index in [0.29, 0.717) is 12.5 Å². The molecule has 0 aliphatic rings. The van der Waals surface area contributed by atoms with Crippen LogP contribution in [-0.2, 0) is 4.79 Å². The summed E-state index contributed by atoms with van der Waals surface area (Å²) in [7, 11) is 0. The molecule has 19 heavy (non-hydrogen) atoms. The molecular formula is C15H20O3S. The van der Waals surface area contributed by atoms with Crippen molar-refractivity contribution in [2.45, 2.75) is 13.8 Å². The largest absolute Gasteiger partial charge is 0.493 e. The van der Waals surface area contributed by atoms with Gasteiger partial charge in [0, 0.05) is 11.8 Å². The lowest BCUT2D eigenvalue weighted by Gasteiger charge is -2.07. The number of hydrogen-bond donors (Lipinski definition) is 1. The monoisotopic (exact) mass is 280 g/mol. The van der Waals surface area contributed by atoms with Crippen molar-refractivity contribution >= 4 is 23.8 Å². The molecule has 0 heterocycles. The zero-order chi connectivity index (χ0) is 14.1. The molecule has 0 saturated heterocycles. The summed E-state index contributed by atoms with van der Waals surface area (Å²) < 4.78 is 5.63. The molecule has 0 spiro atoms. The van der Waals surface area contributed by atoms with Gasteiger partial charge in [0.15, 0.2) is 0 Å². The molecule has 1 N–H and O–H groups in total. The third kappa shape index (κ3) is 7.57. The average Bonchev–Trinajstić information content (AvgIpc) is 2.36. The number of carboxylic acids is 1. The summed E-state index contributed by atoms with van der Waals surface area (Å²) in [5.41, 5.74) is 0.828. The number of rotatable bonds is 8. The predicted octanol–water partition coefficient (Wildman–Crippen LogP) is 3.55. The molecule has 1 aromatic rings. The van der Waals surface area contributed by atoms with E-state index >= 15 is 0 Å². The summed E-state index contributed by atoms with van der Waals surface area (Å²) in [6.07, 6.45) is 2.68.